The van der Waals surface area contributed by atoms with Gasteiger partial charge in [-0.2, -0.15) is 0 Å². The maximum atomic E-state index is 12.2. The van der Waals surface area contributed by atoms with Gasteiger partial charge in [0.25, 0.3) is 5.91 Å². The normalized spacial score (nSPS) is 18.7. The molecule has 4 nitrogen and oxygen atoms in total. The van der Waals surface area contributed by atoms with Crippen LogP contribution in [0.2, 0.25) is 0 Å². The Bertz CT molecular complexity index is 414. The summed E-state index contributed by atoms with van der Waals surface area (Å²) in [5, 5.41) is 3.40. The molecule has 1 heterocycles. The minimum absolute atomic E-state index is 0.0441. The van der Waals surface area contributed by atoms with Gasteiger partial charge in [0.15, 0.2) is 0 Å². The van der Waals surface area contributed by atoms with E-state index in [1.54, 1.807) is 18.1 Å². The summed E-state index contributed by atoms with van der Waals surface area (Å²) in [7, 11) is 3.46. The molecular formula is C14H20N2O2. The van der Waals surface area contributed by atoms with Gasteiger partial charge in [-0.25, -0.2) is 0 Å². The second-order valence-electron chi connectivity index (χ2n) is 4.71. The molecule has 1 unspecified atom stereocenters. The van der Waals surface area contributed by atoms with Crippen LogP contribution in [0.15, 0.2) is 24.3 Å². The molecule has 18 heavy (non-hydrogen) atoms. The Morgan fingerprint density at radius 1 is 1.56 bits per heavy atom. The minimum Gasteiger partial charge on any atom is -0.497 e. The number of benzene rings is 1. The summed E-state index contributed by atoms with van der Waals surface area (Å²) in [6.07, 6.45) is 2.35. The summed E-state index contributed by atoms with van der Waals surface area (Å²) in [5.74, 6) is 0.760. The third-order valence-corrected chi connectivity index (χ3v) is 3.32. The number of rotatable bonds is 4. The molecule has 1 aromatic carbocycles. The minimum atomic E-state index is 0.0441. The summed E-state index contributed by atoms with van der Waals surface area (Å²) in [6, 6.07) is 7.72. The van der Waals surface area contributed by atoms with Gasteiger partial charge >= 0.3 is 0 Å². The number of methoxy groups -OCH3 is 1. The first-order valence-corrected chi connectivity index (χ1v) is 6.33. The molecule has 1 N–H and O–H groups in total. The van der Waals surface area contributed by atoms with E-state index >= 15 is 0 Å². The highest BCUT2D eigenvalue weighted by Gasteiger charge is 2.19. The summed E-state index contributed by atoms with van der Waals surface area (Å²) in [4.78, 5) is 14.0. The van der Waals surface area contributed by atoms with Crippen molar-refractivity contribution in [3.63, 3.8) is 0 Å². The summed E-state index contributed by atoms with van der Waals surface area (Å²) < 4.78 is 5.14. The smallest absolute Gasteiger partial charge is 0.253 e. The van der Waals surface area contributed by atoms with E-state index in [0.717, 1.165) is 19.5 Å². The van der Waals surface area contributed by atoms with Crippen molar-refractivity contribution >= 4 is 5.91 Å². The van der Waals surface area contributed by atoms with Crippen LogP contribution in [0, 0.1) is 0 Å². The van der Waals surface area contributed by atoms with Gasteiger partial charge in [0, 0.05) is 25.2 Å². The van der Waals surface area contributed by atoms with Crippen LogP contribution in [0.1, 0.15) is 23.2 Å². The average Bonchev–Trinajstić information content (AvgIpc) is 2.90. The first kappa shape index (κ1) is 12.9. The number of nitrogens with one attached hydrogen (secondary N) is 1. The van der Waals surface area contributed by atoms with Gasteiger partial charge in [0.1, 0.15) is 5.75 Å². The molecule has 0 spiro atoms. The molecule has 0 bridgehead atoms. The Kier molecular flexibility index (Phi) is 4.20. The molecular weight excluding hydrogens is 228 g/mol. The van der Waals surface area contributed by atoms with E-state index in [-0.39, 0.29) is 5.91 Å². The van der Waals surface area contributed by atoms with Crippen LogP contribution in [0.3, 0.4) is 0 Å². The topological polar surface area (TPSA) is 41.6 Å². The van der Waals surface area contributed by atoms with Crippen LogP contribution in [0.4, 0.5) is 0 Å². The summed E-state index contributed by atoms with van der Waals surface area (Å²) in [6.45, 7) is 1.82. The lowest BCUT2D eigenvalue weighted by molar-refractivity contribution is 0.0783. The van der Waals surface area contributed by atoms with E-state index in [4.69, 9.17) is 4.74 Å². The van der Waals surface area contributed by atoms with Gasteiger partial charge in [-0.1, -0.05) is 6.07 Å². The molecule has 1 amide bonds. The van der Waals surface area contributed by atoms with E-state index in [1.807, 2.05) is 25.2 Å². The SMILES string of the molecule is COc1cccc(C(=O)N(C)CC2CCCN2)c1. The maximum absolute atomic E-state index is 12.2. The number of carbonyl (C=O) groups excluding carboxylic acids is 1. The van der Waals surface area contributed by atoms with Crippen LogP contribution in [-0.4, -0.2) is 44.1 Å². The molecule has 4 heteroatoms. The molecule has 98 valence electrons. The molecule has 2 rings (SSSR count). The second-order valence-corrected chi connectivity index (χ2v) is 4.71. The molecule has 1 saturated heterocycles. The highest BCUT2D eigenvalue weighted by Crippen LogP contribution is 2.15. The number of hydrogen-bond donors (Lipinski definition) is 1. The summed E-state index contributed by atoms with van der Waals surface area (Å²) >= 11 is 0. The van der Waals surface area contributed by atoms with Gasteiger partial charge in [0.2, 0.25) is 0 Å². The van der Waals surface area contributed by atoms with E-state index in [9.17, 15) is 4.79 Å². The van der Waals surface area contributed by atoms with Crippen LogP contribution >= 0.6 is 0 Å². The molecule has 0 radical (unpaired) electrons. The largest absolute Gasteiger partial charge is 0.497 e. The van der Waals surface area contributed by atoms with Gasteiger partial charge < -0.3 is 15.0 Å². The molecule has 1 aromatic rings. The van der Waals surface area contributed by atoms with E-state index < -0.39 is 0 Å². The number of hydrogen-bond acceptors (Lipinski definition) is 3. The Morgan fingerprint density at radius 2 is 2.39 bits per heavy atom. The van der Waals surface area contributed by atoms with E-state index in [0.29, 0.717) is 17.4 Å². The monoisotopic (exact) mass is 248 g/mol. The molecule has 0 aromatic heterocycles. The van der Waals surface area contributed by atoms with Crippen molar-refractivity contribution in [2.75, 3.05) is 27.2 Å². The number of ether oxygens (including phenoxy) is 1. The quantitative estimate of drug-likeness (QED) is 0.878. The average molecular weight is 248 g/mol. The van der Waals surface area contributed by atoms with Crippen molar-refractivity contribution in [1.29, 1.82) is 0 Å². The third kappa shape index (κ3) is 3.01. The second kappa shape index (κ2) is 5.87. The van der Waals surface area contributed by atoms with Crippen molar-refractivity contribution < 1.29 is 9.53 Å². The van der Waals surface area contributed by atoms with Gasteiger partial charge in [-0.05, 0) is 37.6 Å². The van der Waals surface area contributed by atoms with E-state index in [1.165, 1.54) is 6.42 Å². The standard InChI is InChI=1S/C14H20N2O2/c1-16(10-12-6-4-8-15-12)14(17)11-5-3-7-13(9-11)18-2/h3,5,7,9,12,15H,4,6,8,10H2,1-2H3. The highest BCUT2D eigenvalue weighted by molar-refractivity contribution is 5.94. The fraction of sp³-hybridized carbons (Fsp3) is 0.500. The van der Waals surface area contributed by atoms with Gasteiger partial charge in [-0.3, -0.25) is 4.79 Å². The van der Waals surface area contributed by atoms with Gasteiger partial charge in [-0.15, -0.1) is 0 Å². The van der Waals surface area contributed by atoms with Crippen molar-refractivity contribution in [1.82, 2.24) is 10.2 Å². The first-order valence-electron chi connectivity index (χ1n) is 6.33. The van der Waals surface area contributed by atoms with Crippen molar-refractivity contribution in [2.24, 2.45) is 0 Å². The number of amides is 1. The molecule has 1 fully saturated rings. The lowest BCUT2D eigenvalue weighted by Crippen LogP contribution is -2.38. The number of likely N-dealkylation sites (N-methyl/N-ethyl adjacent to an activating group) is 1. The Balaban J connectivity index is 2.00. The Morgan fingerprint density at radius 3 is 3.06 bits per heavy atom. The lowest BCUT2D eigenvalue weighted by Gasteiger charge is -2.21. The van der Waals surface area contributed by atoms with Crippen molar-refractivity contribution in [3.05, 3.63) is 29.8 Å². The molecule has 1 aliphatic heterocycles. The zero-order valence-corrected chi connectivity index (χ0v) is 11.0. The van der Waals surface area contributed by atoms with Crippen molar-refractivity contribution in [3.8, 4) is 5.75 Å². The van der Waals surface area contributed by atoms with Crippen LogP contribution in [0.5, 0.6) is 5.75 Å². The number of carbonyl (C=O) groups is 1. The zero-order chi connectivity index (χ0) is 13.0. The lowest BCUT2D eigenvalue weighted by atomic mass is 10.1. The molecule has 0 saturated carbocycles. The predicted octanol–water partition coefficient (Wildman–Crippen LogP) is 1.52. The molecule has 0 aliphatic carbocycles. The predicted molar refractivity (Wildman–Crippen MR) is 71.0 cm³/mol. The van der Waals surface area contributed by atoms with E-state index in [2.05, 4.69) is 5.32 Å². The Hall–Kier alpha value is -1.55. The van der Waals surface area contributed by atoms with Crippen LogP contribution in [-0.2, 0) is 0 Å². The zero-order valence-electron chi connectivity index (χ0n) is 11.0. The maximum Gasteiger partial charge on any atom is 0.253 e. The summed E-state index contributed by atoms with van der Waals surface area (Å²) in [5.41, 5.74) is 0.676. The third-order valence-electron chi connectivity index (χ3n) is 3.32. The first-order chi connectivity index (χ1) is 8.70. The Labute approximate surface area is 108 Å². The fourth-order valence-electron chi connectivity index (χ4n) is 2.30. The van der Waals surface area contributed by atoms with Crippen LogP contribution < -0.4 is 10.1 Å². The highest BCUT2D eigenvalue weighted by atomic mass is 16.5. The number of nitrogens with zero attached hydrogens (tertiary/aromatic N) is 1. The fourth-order valence-corrected chi connectivity index (χ4v) is 2.30. The van der Waals surface area contributed by atoms with Crippen molar-refractivity contribution in [2.45, 2.75) is 18.9 Å². The molecule has 1 aliphatic rings. The van der Waals surface area contributed by atoms with Crippen LogP contribution in [0.25, 0.3) is 0 Å². The molecule has 1 atom stereocenters. The van der Waals surface area contributed by atoms with Gasteiger partial charge in [0.05, 0.1) is 7.11 Å².